The second-order valence-corrected chi connectivity index (χ2v) is 6.64. The second kappa shape index (κ2) is 16.8. The van der Waals surface area contributed by atoms with Crippen LogP contribution in [-0.2, 0) is 8.92 Å². The second-order valence-electron chi connectivity index (χ2n) is 5.85. The molecular formula is C21H32O2S2. The summed E-state index contributed by atoms with van der Waals surface area (Å²) in [5.74, 6) is 0. The van der Waals surface area contributed by atoms with Crippen LogP contribution in [0.15, 0.2) is 60.8 Å². The number of unbranched alkanes of at least 4 members (excludes halogenated alkanes) is 1. The number of allylic oxidation sites excluding steroid dienone is 10. The van der Waals surface area contributed by atoms with Gasteiger partial charge in [-0.25, -0.2) is 0 Å². The van der Waals surface area contributed by atoms with E-state index in [0.29, 0.717) is 0 Å². The number of epoxide rings is 1. The molecule has 1 aliphatic rings. The van der Waals surface area contributed by atoms with Gasteiger partial charge in [0.1, 0.15) is 6.10 Å². The summed E-state index contributed by atoms with van der Waals surface area (Å²) in [6, 6.07) is 0. The molecular weight excluding hydrogens is 348 g/mol. The van der Waals surface area contributed by atoms with Crippen LogP contribution in [0, 0.1) is 0 Å². The van der Waals surface area contributed by atoms with Gasteiger partial charge in [-0.1, -0.05) is 79.3 Å². The molecule has 0 radical (unpaired) electrons. The lowest BCUT2D eigenvalue weighted by Gasteiger charge is -1.92. The monoisotopic (exact) mass is 380 g/mol. The third-order valence-corrected chi connectivity index (χ3v) is 4.22. The van der Waals surface area contributed by atoms with Crippen molar-refractivity contribution in [1.82, 2.24) is 0 Å². The molecule has 2 unspecified atom stereocenters. The molecule has 0 aromatic rings. The summed E-state index contributed by atoms with van der Waals surface area (Å²) < 4.78 is 10.5. The van der Waals surface area contributed by atoms with Crippen LogP contribution in [0.2, 0.25) is 0 Å². The largest absolute Gasteiger partial charge is 0.340 e. The van der Waals surface area contributed by atoms with Crippen LogP contribution >= 0.6 is 22.7 Å². The van der Waals surface area contributed by atoms with Crippen LogP contribution in [-0.4, -0.2) is 12.4 Å². The molecule has 0 amide bonds. The summed E-state index contributed by atoms with van der Waals surface area (Å²) in [4.78, 5) is 0. The molecule has 0 N–H and O–H groups in total. The number of rotatable bonds is 15. The Balaban J connectivity index is 1.87. The zero-order chi connectivity index (χ0) is 18.0. The fraction of sp³-hybridized carbons (Fsp3) is 0.524. The van der Waals surface area contributed by atoms with E-state index in [1.807, 2.05) is 0 Å². The van der Waals surface area contributed by atoms with E-state index >= 15 is 0 Å². The van der Waals surface area contributed by atoms with Crippen molar-refractivity contribution in [3.8, 4) is 0 Å². The summed E-state index contributed by atoms with van der Waals surface area (Å²) in [5, 5.41) is 0. The summed E-state index contributed by atoms with van der Waals surface area (Å²) in [5.41, 5.74) is 0. The quantitative estimate of drug-likeness (QED) is 0.0814. The van der Waals surface area contributed by atoms with E-state index in [1.54, 1.807) is 0 Å². The lowest BCUT2D eigenvalue weighted by Crippen LogP contribution is -1.93. The molecule has 0 aliphatic carbocycles. The fourth-order valence-electron chi connectivity index (χ4n) is 2.26. The predicted octanol–water partition coefficient (Wildman–Crippen LogP) is 7.14. The maximum atomic E-state index is 5.35. The maximum Gasteiger partial charge on any atom is 0.198 e. The zero-order valence-corrected chi connectivity index (χ0v) is 17.0. The molecule has 1 rings (SSSR count). The van der Waals surface area contributed by atoms with Gasteiger partial charge in [-0.2, -0.15) is 0 Å². The van der Waals surface area contributed by atoms with E-state index in [-0.39, 0.29) is 12.4 Å². The standard InChI is InChI=1S/C21H32O2S2/c1-2-3-4-5-6-7-8-9-10-11-12-13-14-15-16-17-18-19-20-21(22-20)23-25-24/h3-4,6-7,9-10,12-13,15-16,20-21,24H,2,5,8,11,14,17-19H2,1H3. The van der Waals surface area contributed by atoms with Crippen LogP contribution < -0.4 is 0 Å². The van der Waals surface area contributed by atoms with Gasteiger partial charge in [-0.3, -0.25) is 4.18 Å². The first-order chi connectivity index (χ1) is 12.4. The van der Waals surface area contributed by atoms with Gasteiger partial charge in [-0.05, 0) is 51.4 Å². The Kier molecular flexibility index (Phi) is 15.0. The first kappa shape index (κ1) is 22.4. The molecule has 1 aliphatic heterocycles. The highest BCUT2D eigenvalue weighted by molar-refractivity contribution is 8.66. The van der Waals surface area contributed by atoms with Gasteiger partial charge in [0.25, 0.3) is 0 Å². The van der Waals surface area contributed by atoms with Gasteiger partial charge in [0.05, 0.1) is 11.1 Å². The average Bonchev–Trinajstić information content (AvgIpc) is 3.36. The Labute approximate surface area is 163 Å². The van der Waals surface area contributed by atoms with E-state index in [1.165, 1.54) is 0 Å². The minimum absolute atomic E-state index is 0.0316. The summed E-state index contributed by atoms with van der Waals surface area (Å²) in [6.45, 7) is 2.16. The highest BCUT2D eigenvalue weighted by Crippen LogP contribution is 2.32. The number of hydrogen-bond donors (Lipinski definition) is 1. The van der Waals surface area contributed by atoms with E-state index in [2.05, 4.69) is 79.3 Å². The first-order valence-electron chi connectivity index (χ1n) is 9.25. The van der Waals surface area contributed by atoms with E-state index in [9.17, 15) is 0 Å². The van der Waals surface area contributed by atoms with Crippen LogP contribution in [0.1, 0.15) is 58.3 Å². The molecule has 25 heavy (non-hydrogen) atoms. The predicted molar refractivity (Wildman–Crippen MR) is 115 cm³/mol. The normalized spacial score (nSPS) is 21.0. The van der Waals surface area contributed by atoms with Gasteiger partial charge >= 0.3 is 0 Å². The van der Waals surface area contributed by atoms with E-state index in [4.69, 9.17) is 8.92 Å². The van der Waals surface area contributed by atoms with Crippen molar-refractivity contribution in [2.45, 2.75) is 70.7 Å². The summed E-state index contributed by atoms with van der Waals surface area (Å²) in [6.07, 6.45) is 31.0. The first-order valence-corrected chi connectivity index (χ1v) is 11.0. The zero-order valence-electron chi connectivity index (χ0n) is 15.3. The van der Waals surface area contributed by atoms with E-state index < -0.39 is 0 Å². The average molecular weight is 381 g/mol. The molecule has 4 heteroatoms. The van der Waals surface area contributed by atoms with E-state index in [0.717, 1.165) is 62.4 Å². The van der Waals surface area contributed by atoms with Crippen molar-refractivity contribution in [2.24, 2.45) is 0 Å². The molecule has 0 bridgehead atoms. The summed E-state index contributed by atoms with van der Waals surface area (Å²) in [7, 11) is 0. The molecule has 0 aromatic heterocycles. The molecule has 1 fully saturated rings. The molecule has 2 atom stereocenters. The number of thiol groups is 1. The van der Waals surface area contributed by atoms with Gasteiger partial charge in [0, 0.05) is 0 Å². The Bertz CT molecular complexity index is 453. The van der Waals surface area contributed by atoms with Crippen LogP contribution in [0.3, 0.4) is 0 Å². The fourth-order valence-corrected chi connectivity index (χ4v) is 2.77. The number of ether oxygens (including phenoxy) is 1. The molecule has 140 valence electrons. The van der Waals surface area contributed by atoms with Crippen LogP contribution in [0.25, 0.3) is 0 Å². The third kappa shape index (κ3) is 14.2. The Morgan fingerprint density at radius 3 is 1.88 bits per heavy atom. The molecule has 0 saturated carbocycles. The third-order valence-electron chi connectivity index (χ3n) is 3.69. The Hall–Kier alpha value is -0.680. The Morgan fingerprint density at radius 1 is 0.840 bits per heavy atom. The van der Waals surface area contributed by atoms with Crippen molar-refractivity contribution >= 4 is 22.7 Å². The molecule has 1 heterocycles. The van der Waals surface area contributed by atoms with Gasteiger partial charge in [0.2, 0.25) is 0 Å². The lowest BCUT2D eigenvalue weighted by atomic mass is 10.2. The highest BCUT2D eigenvalue weighted by atomic mass is 33.1. The van der Waals surface area contributed by atoms with Gasteiger partial charge in [0.15, 0.2) is 6.29 Å². The molecule has 0 aromatic carbocycles. The summed E-state index contributed by atoms with van der Waals surface area (Å²) >= 11 is 5.01. The molecule has 2 nitrogen and oxygen atoms in total. The van der Waals surface area contributed by atoms with Gasteiger partial charge < -0.3 is 4.74 Å². The van der Waals surface area contributed by atoms with Crippen LogP contribution in [0.4, 0.5) is 0 Å². The van der Waals surface area contributed by atoms with Crippen molar-refractivity contribution in [3.63, 3.8) is 0 Å². The van der Waals surface area contributed by atoms with Crippen molar-refractivity contribution in [1.29, 1.82) is 0 Å². The van der Waals surface area contributed by atoms with Crippen molar-refractivity contribution in [2.75, 3.05) is 0 Å². The smallest absolute Gasteiger partial charge is 0.198 e. The Morgan fingerprint density at radius 2 is 1.36 bits per heavy atom. The minimum Gasteiger partial charge on any atom is -0.340 e. The van der Waals surface area contributed by atoms with Crippen molar-refractivity contribution in [3.05, 3.63) is 60.8 Å². The topological polar surface area (TPSA) is 21.8 Å². The number of hydrogen-bond acceptors (Lipinski definition) is 4. The minimum atomic E-state index is -0.0316. The van der Waals surface area contributed by atoms with Gasteiger partial charge in [-0.15, -0.1) is 0 Å². The maximum absolute atomic E-state index is 5.35. The molecule has 0 spiro atoms. The highest BCUT2D eigenvalue weighted by Gasteiger charge is 2.39. The van der Waals surface area contributed by atoms with Crippen molar-refractivity contribution < 1.29 is 8.92 Å². The van der Waals surface area contributed by atoms with Crippen LogP contribution in [0.5, 0.6) is 0 Å². The lowest BCUT2D eigenvalue weighted by molar-refractivity contribution is 0.210. The molecule has 1 saturated heterocycles. The SMILES string of the molecule is CCC=CCC=CCC=CCC=CCC=CCCCC1OC1OSS.